The number of hydrogen-bond donors (Lipinski definition) is 1. The second kappa shape index (κ2) is 10.5. The summed E-state index contributed by atoms with van der Waals surface area (Å²) >= 11 is 0. The summed E-state index contributed by atoms with van der Waals surface area (Å²) in [5.41, 5.74) is 1.61. The lowest BCUT2D eigenvalue weighted by molar-refractivity contribution is -0.136. The van der Waals surface area contributed by atoms with Crippen LogP contribution in [0.3, 0.4) is 0 Å². The summed E-state index contributed by atoms with van der Waals surface area (Å²) in [5.74, 6) is -1.10. The molecule has 1 aromatic rings. The summed E-state index contributed by atoms with van der Waals surface area (Å²) in [6.07, 6.45) is 2.00. The maximum Gasteiger partial charge on any atom is 0.342 e. The van der Waals surface area contributed by atoms with Gasteiger partial charge in [-0.05, 0) is 41.9 Å². The lowest BCUT2D eigenvalue weighted by atomic mass is 9.92. The molecule has 0 bridgehead atoms. The summed E-state index contributed by atoms with van der Waals surface area (Å²) in [6, 6.07) is 3.12. The van der Waals surface area contributed by atoms with E-state index >= 15 is 0 Å². The number of unbranched alkanes of at least 4 members (excludes halogenated alkanes) is 1. The van der Waals surface area contributed by atoms with Crippen LogP contribution in [0.4, 0.5) is 0 Å². The first-order valence-corrected chi connectivity index (χ1v) is 12.8. The first kappa shape index (κ1) is 25.2. The molecule has 0 aromatic heterocycles. The van der Waals surface area contributed by atoms with Crippen LogP contribution in [-0.2, 0) is 19.4 Å². The van der Waals surface area contributed by atoms with Crippen molar-refractivity contribution in [2.24, 2.45) is 0 Å². The molecule has 7 nitrogen and oxygen atoms in total. The fourth-order valence-electron chi connectivity index (χ4n) is 3.76. The van der Waals surface area contributed by atoms with Gasteiger partial charge in [-0.25, -0.2) is 13.2 Å². The Bertz CT molecular complexity index is 907. The van der Waals surface area contributed by atoms with Crippen LogP contribution >= 0.6 is 0 Å². The number of aromatic hydroxyl groups is 1. The third-order valence-electron chi connectivity index (χ3n) is 5.72. The van der Waals surface area contributed by atoms with Crippen molar-refractivity contribution in [2.75, 3.05) is 24.7 Å². The number of rotatable bonds is 9. The molecule has 1 saturated heterocycles. The summed E-state index contributed by atoms with van der Waals surface area (Å²) in [7, 11) is -3.14. The molecule has 1 atom stereocenters. The highest BCUT2D eigenvalue weighted by Crippen LogP contribution is 2.33. The summed E-state index contributed by atoms with van der Waals surface area (Å²) in [6.45, 7) is 9.79. The Kier molecular flexibility index (Phi) is 8.51. The highest BCUT2D eigenvalue weighted by Gasteiger charge is 2.34. The van der Waals surface area contributed by atoms with Crippen molar-refractivity contribution >= 4 is 21.7 Å². The minimum Gasteiger partial charge on any atom is -0.507 e. The zero-order valence-corrected chi connectivity index (χ0v) is 20.0. The van der Waals surface area contributed by atoms with Gasteiger partial charge in [0.25, 0.3) is 5.91 Å². The quantitative estimate of drug-likeness (QED) is 0.573. The Labute approximate surface area is 185 Å². The van der Waals surface area contributed by atoms with Gasteiger partial charge in [-0.3, -0.25) is 4.79 Å². The van der Waals surface area contributed by atoms with Crippen LogP contribution in [0.1, 0.15) is 87.2 Å². The standard InChI is InChI=1S/C23H35NO6S/c1-6-7-9-24(18-8-10-31(28,29)14-18)21(25)13-30-23(27)20-12-17(15(2)3)11-19(16(4)5)22(20)26/h11-12,15-16,18,26H,6-10,13-14H2,1-5H3. The van der Waals surface area contributed by atoms with Crippen molar-refractivity contribution in [1.82, 2.24) is 4.90 Å². The molecule has 174 valence electrons. The first-order chi connectivity index (χ1) is 14.5. The van der Waals surface area contributed by atoms with E-state index in [-0.39, 0.29) is 40.7 Å². The number of amides is 1. The molecule has 0 radical (unpaired) electrons. The average Bonchev–Trinajstić information content (AvgIpc) is 3.05. The normalized spacial score (nSPS) is 17.8. The van der Waals surface area contributed by atoms with Gasteiger partial charge in [0.1, 0.15) is 11.3 Å². The number of phenolic OH excluding ortho intramolecular Hbond substituents is 1. The van der Waals surface area contributed by atoms with Crippen molar-refractivity contribution in [3.63, 3.8) is 0 Å². The maximum absolute atomic E-state index is 12.8. The Morgan fingerprint density at radius 1 is 1.19 bits per heavy atom. The molecule has 1 amide bonds. The second-order valence-corrected chi connectivity index (χ2v) is 11.1. The highest BCUT2D eigenvalue weighted by molar-refractivity contribution is 7.91. The minimum atomic E-state index is -3.14. The van der Waals surface area contributed by atoms with Gasteiger partial charge in [-0.2, -0.15) is 0 Å². The van der Waals surface area contributed by atoms with Gasteiger partial charge in [-0.1, -0.05) is 47.1 Å². The zero-order valence-electron chi connectivity index (χ0n) is 19.2. The zero-order chi connectivity index (χ0) is 23.3. The van der Waals surface area contributed by atoms with Crippen LogP contribution in [0, 0.1) is 0 Å². The van der Waals surface area contributed by atoms with Crippen LogP contribution in [0.25, 0.3) is 0 Å². The molecule has 1 unspecified atom stereocenters. The Balaban J connectivity index is 2.17. The molecule has 0 saturated carbocycles. The van der Waals surface area contributed by atoms with E-state index in [0.29, 0.717) is 18.5 Å². The number of hydrogen-bond acceptors (Lipinski definition) is 6. The molecule has 8 heteroatoms. The Morgan fingerprint density at radius 2 is 1.87 bits per heavy atom. The van der Waals surface area contributed by atoms with Crippen molar-refractivity contribution in [2.45, 2.75) is 71.8 Å². The van der Waals surface area contributed by atoms with Gasteiger partial charge in [0.05, 0.1) is 11.5 Å². The maximum atomic E-state index is 12.8. The fourth-order valence-corrected chi connectivity index (χ4v) is 5.49. The van der Waals surface area contributed by atoms with Crippen LogP contribution in [-0.4, -0.2) is 61.0 Å². The molecule has 1 N–H and O–H groups in total. The SMILES string of the molecule is CCCCN(C(=O)COC(=O)c1cc(C(C)C)cc(C(C)C)c1O)C1CCS(=O)(=O)C1. The Hall–Kier alpha value is -2.09. The molecule has 1 aliphatic heterocycles. The van der Waals surface area contributed by atoms with Crippen LogP contribution < -0.4 is 0 Å². The average molecular weight is 454 g/mol. The minimum absolute atomic E-state index is 0.0146. The predicted octanol–water partition coefficient (Wildman–Crippen LogP) is 3.61. The number of sulfone groups is 1. The number of esters is 1. The third kappa shape index (κ3) is 6.45. The van der Waals surface area contributed by atoms with Gasteiger partial charge < -0.3 is 14.7 Å². The second-order valence-electron chi connectivity index (χ2n) is 8.89. The molecule has 1 aromatic carbocycles. The number of phenols is 1. The van der Waals surface area contributed by atoms with E-state index in [2.05, 4.69) is 0 Å². The predicted molar refractivity (Wildman–Crippen MR) is 120 cm³/mol. The van der Waals surface area contributed by atoms with Crippen LogP contribution in [0.15, 0.2) is 12.1 Å². The topological polar surface area (TPSA) is 101 Å². The molecule has 1 heterocycles. The van der Waals surface area contributed by atoms with Gasteiger partial charge in [-0.15, -0.1) is 0 Å². The van der Waals surface area contributed by atoms with Crippen molar-refractivity contribution < 1.29 is 27.9 Å². The Morgan fingerprint density at radius 3 is 2.39 bits per heavy atom. The summed E-state index contributed by atoms with van der Waals surface area (Å²) in [4.78, 5) is 27.1. The molecule has 31 heavy (non-hydrogen) atoms. The molecule has 0 aliphatic carbocycles. The van der Waals surface area contributed by atoms with E-state index in [0.717, 1.165) is 18.4 Å². The molecular weight excluding hydrogens is 418 g/mol. The third-order valence-corrected chi connectivity index (χ3v) is 7.47. The molecule has 0 spiro atoms. The van der Waals surface area contributed by atoms with Crippen LogP contribution in [0.2, 0.25) is 0 Å². The van der Waals surface area contributed by atoms with Gasteiger partial charge in [0, 0.05) is 12.6 Å². The number of nitrogens with zero attached hydrogens (tertiary/aromatic N) is 1. The van der Waals surface area contributed by atoms with Gasteiger partial charge in [0.2, 0.25) is 0 Å². The molecule has 1 fully saturated rings. The van der Waals surface area contributed by atoms with E-state index in [1.807, 2.05) is 40.7 Å². The number of benzene rings is 1. The number of carbonyl (C=O) groups excluding carboxylic acids is 2. The van der Waals surface area contributed by atoms with Crippen LogP contribution in [0.5, 0.6) is 5.75 Å². The highest BCUT2D eigenvalue weighted by atomic mass is 32.2. The van der Waals surface area contributed by atoms with E-state index in [9.17, 15) is 23.1 Å². The molecular formula is C23H35NO6S. The number of ether oxygens (including phenoxy) is 1. The molecule has 1 aliphatic rings. The summed E-state index contributed by atoms with van der Waals surface area (Å²) in [5, 5.41) is 10.6. The lowest BCUT2D eigenvalue weighted by Crippen LogP contribution is -2.43. The summed E-state index contributed by atoms with van der Waals surface area (Å²) < 4.78 is 29.0. The largest absolute Gasteiger partial charge is 0.507 e. The smallest absolute Gasteiger partial charge is 0.342 e. The first-order valence-electron chi connectivity index (χ1n) is 11.0. The van der Waals surface area contributed by atoms with E-state index in [1.165, 1.54) is 4.90 Å². The van der Waals surface area contributed by atoms with E-state index < -0.39 is 28.3 Å². The van der Waals surface area contributed by atoms with Crippen molar-refractivity contribution in [3.05, 3.63) is 28.8 Å². The van der Waals surface area contributed by atoms with E-state index in [4.69, 9.17) is 4.74 Å². The van der Waals surface area contributed by atoms with Crippen molar-refractivity contribution in [1.29, 1.82) is 0 Å². The molecule has 2 rings (SSSR count). The van der Waals surface area contributed by atoms with E-state index in [1.54, 1.807) is 6.07 Å². The lowest BCUT2D eigenvalue weighted by Gasteiger charge is -2.28. The van der Waals surface area contributed by atoms with Crippen molar-refractivity contribution in [3.8, 4) is 5.75 Å². The monoisotopic (exact) mass is 453 g/mol. The van der Waals surface area contributed by atoms with Gasteiger partial charge in [0.15, 0.2) is 16.4 Å². The fraction of sp³-hybridized carbons (Fsp3) is 0.652. The van der Waals surface area contributed by atoms with Gasteiger partial charge >= 0.3 is 5.97 Å². The number of carbonyl (C=O) groups is 2.